The summed E-state index contributed by atoms with van der Waals surface area (Å²) in [4.78, 5) is 26.6. The van der Waals surface area contributed by atoms with Crippen molar-refractivity contribution in [2.45, 2.75) is 38.1 Å². The molecule has 1 amide bonds. The molecule has 1 saturated heterocycles. The fraction of sp³-hybridized carbons (Fsp3) is 0.412. The molecule has 1 unspecified atom stereocenters. The van der Waals surface area contributed by atoms with Crippen molar-refractivity contribution >= 4 is 11.9 Å². The average Bonchev–Trinajstić information content (AvgIpc) is 3.10. The number of hydrogen-bond donors (Lipinski definition) is 1. The number of benzene rings is 1. The Balaban J connectivity index is 1.75. The van der Waals surface area contributed by atoms with Gasteiger partial charge < -0.3 is 10.0 Å². The van der Waals surface area contributed by atoms with Crippen LogP contribution in [0.1, 0.15) is 42.6 Å². The quantitative estimate of drug-likeness (QED) is 0.897. The largest absolute Gasteiger partial charge is 0.481 e. The van der Waals surface area contributed by atoms with Gasteiger partial charge in [0.25, 0.3) is 5.91 Å². The molecule has 2 heterocycles. The summed E-state index contributed by atoms with van der Waals surface area (Å²) in [5, 5.41) is 17.1. The maximum absolute atomic E-state index is 13.0. The molecule has 132 valence electrons. The Morgan fingerprint density at radius 1 is 1.24 bits per heavy atom. The first kappa shape index (κ1) is 17.1. The molecule has 1 atom stereocenters. The van der Waals surface area contributed by atoms with E-state index >= 15 is 0 Å². The highest BCUT2D eigenvalue weighted by molar-refractivity contribution is 5.92. The lowest BCUT2D eigenvalue weighted by atomic mass is 9.97. The average molecular weight is 346 g/mol. The first-order valence-corrected chi connectivity index (χ1v) is 8.25. The van der Waals surface area contributed by atoms with Gasteiger partial charge in [0.05, 0.1) is 11.9 Å². The van der Waals surface area contributed by atoms with Crippen LogP contribution in [-0.2, 0) is 4.79 Å². The number of carboxylic acid groups (broad SMARTS) is 1. The van der Waals surface area contributed by atoms with Gasteiger partial charge >= 0.3 is 5.97 Å². The number of nitrogens with zero attached hydrogens (tertiary/aromatic N) is 4. The highest BCUT2D eigenvalue weighted by Gasteiger charge is 2.29. The van der Waals surface area contributed by atoms with Crippen molar-refractivity contribution < 1.29 is 19.1 Å². The summed E-state index contributed by atoms with van der Waals surface area (Å²) in [7, 11) is 0. The van der Waals surface area contributed by atoms with Gasteiger partial charge in [-0.3, -0.25) is 9.59 Å². The van der Waals surface area contributed by atoms with Crippen LogP contribution in [-0.4, -0.2) is 49.5 Å². The minimum absolute atomic E-state index is 0.0384. The summed E-state index contributed by atoms with van der Waals surface area (Å²) in [5.74, 6) is -1.47. The minimum atomic E-state index is -0.861. The van der Waals surface area contributed by atoms with Gasteiger partial charge in [0, 0.05) is 19.0 Å². The van der Waals surface area contributed by atoms with Gasteiger partial charge in [-0.05, 0) is 49.9 Å². The van der Waals surface area contributed by atoms with Crippen molar-refractivity contribution in [3.8, 4) is 5.69 Å². The van der Waals surface area contributed by atoms with Gasteiger partial charge in [-0.2, -0.15) is 9.90 Å². The van der Waals surface area contributed by atoms with Crippen LogP contribution in [0.5, 0.6) is 0 Å². The van der Waals surface area contributed by atoms with E-state index in [0.717, 1.165) is 19.3 Å². The van der Waals surface area contributed by atoms with Crippen molar-refractivity contribution in [2.75, 3.05) is 6.54 Å². The number of aliphatic carboxylic acids is 1. The van der Waals surface area contributed by atoms with Gasteiger partial charge in [0.15, 0.2) is 5.69 Å². The highest BCUT2D eigenvalue weighted by Crippen LogP contribution is 2.22. The van der Waals surface area contributed by atoms with E-state index in [1.54, 1.807) is 4.90 Å². The van der Waals surface area contributed by atoms with Gasteiger partial charge in [-0.15, -0.1) is 5.10 Å². The van der Waals surface area contributed by atoms with E-state index in [1.165, 1.54) is 35.3 Å². The van der Waals surface area contributed by atoms with Crippen molar-refractivity contribution in [1.29, 1.82) is 0 Å². The maximum Gasteiger partial charge on any atom is 0.303 e. The highest BCUT2D eigenvalue weighted by atomic mass is 19.1. The SMILES string of the molecule is O=C(O)CCC1CCCCN1C(=O)c1cnn(-c2ccc(F)cc2)n1. The molecule has 1 fully saturated rings. The van der Waals surface area contributed by atoms with Crippen molar-refractivity contribution in [3.05, 3.63) is 42.0 Å². The molecule has 0 aliphatic carbocycles. The molecule has 1 aromatic carbocycles. The molecule has 1 N–H and O–H groups in total. The monoisotopic (exact) mass is 346 g/mol. The molecular formula is C17H19FN4O3. The van der Waals surface area contributed by atoms with E-state index in [9.17, 15) is 14.0 Å². The molecule has 7 nitrogen and oxygen atoms in total. The number of carboxylic acids is 1. The number of rotatable bonds is 5. The fourth-order valence-corrected chi connectivity index (χ4v) is 3.07. The predicted molar refractivity (Wildman–Crippen MR) is 86.9 cm³/mol. The lowest BCUT2D eigenvalue weighted by Crippen LogP contribution is -2.44. The zero-order chi connectivity index (χ0) is 17.8. The van der Waals surface area contributed by atoms with Crippen LogP contribution in [0.3, 0.4) is 0 Å². The van der Waals surface area contributed by atoms with E-state index in [4.69, 9.17) is 5.11 Å². The third-order valence-corrected chi connectivity index (χ3v) is 4.35. The van der Waals surface area contributed by atoms with Crippen molar-refractivity contribution in [3.63, 3.8) is 0 Å². The Morgan fingerprint density at radius 3 is 2.72 bits per heavy atom. The zero-order valence-electron chi connectivity index (χ0n) is 13.6. The Labute approximate surface area is 144 Å². The van der Waals surface area contributed by atoms with E-state index in [0.29, 0.717) is 18.7 Å². The second-order valence-electron chi connectivity index (χ2n) is 6.08. The Kier molecular flexibility index (Phi) is 5.06. The third-order valence-electron chi connectivity index (χ3n) is 4.35. The van der Waals surface area contributed by atoms with Gasteiger partial charge in [-0.25, -0.2) is 4.39 Å². The fourth-order valence-electron chi connectivity index (χ4n) is 3.07. The van der Waals surface area contributed by atoms with Gasteiger partial charge in [0.1, 0.15) is 5.82 Å². The number of hydrogen-bond acceptors (Lipinski definition) is 4. The number of carbonyl (C=O) groups is 2. The van der Waals surface area contributed by atoms with E-state index in [1.807, 2.05) is 0 Å². The molecular weight excluding hydrogens is 327 g/mol. The molecule has 0 spiro atoms. The molecule has 25 heavy (non-hydrogen) atoms. The molecule has 2 aromatic rings. The first-order chi connectivity index (χ1) is 12.0. The van der Waals surface area contributed by atoms with Crippen LogP contribution >= 0.6 is 0 Å². The summed E-state index contributed by atoms with van der Waals surface area (Å²) in [6.45, 7) is 0.590. The minimum Gasteiger partial charge on any atom is -0.481 e. The van der Waals surface area contributed by atoms with Crippen LogP contribution in [0, 0.1) is 5.82 Å². The molecule has 0 bridgehead atoms. The summed E-state index contributed by atoms with van der Waals surface area (Å²) in [6, 6.07) is 5.56. The molecule has 1 aliphatic heterocycles. The van der Waals surface area contributed by atoms with E-state index < -0.39 is 5.97 Å². The number of aromatic nitrogens is 3. The number of likely N-dealkylation sites (tertiary alicyclic amines) is 1. The third kappa shape index (κ3) is 4.01. The molecule has 1 aromatic heterocycles. The van der Waals surface area contributed by atoms with E-state index in [2.05, 4.69) is 10.2 Å². The summed E-state index contributed by atoms with van der Waals surface area (Å²) < 4.78 is 13.0. The number of halogens is 1. The number of amides is 1. The summed E-state index contributed by atoms with van der Waals surface area (Å²) in [5.41, 5.74) is 0.757. The first-order valence-electron chi connectivity index (χ1n) is 8.25. The normalized spacial score (nSPS) is 17.5. The topological polar surface area (TPSA) is 88.3 Å². The Bertz CT molecular complexity index is 760. The second-order valence-corrected chi connectivity index (χ2v) is 6.08. The molecule has 3 rings (SSSR count). The summed E-state index contributed by atoms with van der Waals surface area (Å²) in [6.07, 6.45) is 4.53. The number of piperidine rings is 1. The molecule has 8 heteroatoms. The molecule has 0 radical (unpaired) electrons. The maximum atomic E-state index is 13.0. The molecule has 0 saturated carbocycles. The predicted octanol–water partition coefficient (Wildman–Crippen LogP) is 2.27. The van der Waals surface area contributed by atoms with Crippen LogP contribution in [0.15, 0.2) is 30.5 Å². The van der Waals surface area contributed by atoms with Crippen LogP contribution in [0.4, 0.5) is 4.39 Å². The lowest BCUT2D eigenvalue weighted by Gasteiger charge is -2.35. The standard InChI is InChI=1S/C17H19FN4O3/c18-12-4-6-14(7-5-12)22-19-11-15(20-22)17(25)21-10-2-1-3-13(21)8-9-16(23)24/h4-7,11,13H,1-3,8-10H2,(H,23,24). The zero-order valence-corrected chi connectivity index (χ0v) is 13.6. The van der Waals surface area contributed by atoms with Crippen LogP contribution in [0.2, 0.25) is 0 Å². The van der Waals surface area contributed by atoms with E-state index in [-0.39, 0.29) is 29.9 Å². The van der Waals surface area contributed by atoms with Gasteiger partial charge in [-0.1, -0.05) is 0 Å². The van der Waals surface area contributed by atoms with Crippen LogP contribution < -0.4 is 0 Å². The summed E-state index contributed by atoms with van der Waals surface area (Å²) >= 11 is 0. The van der Waals surface area contributed by atoms with Gasteiger partial charge in [0.2, 0.25) is 0 Å². The lowest BCUT2D eigenvalue weighted by molar-refractivity contribution is -0.137. The Hall–Kier alpha value is -2.77. The van der Waals surface area contributed by atoms with Crippen LogP contribution in [0.25, 0.3) is 5.69 Å². The van der Waals surface area contributed by atoms with Crippen molar-refractivity contribution in [1.82, 2.24) is 19.9 Å². The number of carbonyl (C=O) groups excluding carboxylic acids is 1. The smallest absolute Gasteiger partial charge is 0.303 e. The van der Waals surface area contributed by atoms with Crippen molar-refractivity contribution in [2.24, 2.45) is 0 Å². The second kappa shape index (κ2) is 7.42. The molecule has 1 aliphatic rings. The Morgan fingerprint density at radius 2 is 2.00 bits per heavy atom.